The molecule has 0 radical (unpaired) electrons. The molecule has 4 rings (SSSR count). The molecule has 1 saturated heterocycles. The van der Waals surface area contributed by atoms with E-state index in [1.165, 1.54) is 10.3 Å². The van der Waals surface area contributed by atoms with Crippen LogP contribution in [0.5, 0.6) is 0 Å². The molecule has 5 nitrogen and oxygen atoms in total. The Morgan fingerprint density at radius 2 is 1.94 bits per heavy atom. The molecule has 170 valence electrons. The third-order valence-corrected chi connectivity index (χ3v) is 6.90. The minimum Gasteiger partial charge on any atom is -0.390 e. The summed E-state index contributed by atoms with van der Waals surface area (Å²) in [7, 11) is 0. The maximum atomic E-state index is 12.8. The van der Waals surface area contributed by atoms with Gasteiger partial charge in [-0.3, -0.25) is 4.79 Å². The number of fused-ring (bicyclic) bond motifs is 1. The van der Waals surface area contributed by atoms with E-state index < -0.39 is 12.0 Å². The first-order valence-electron chi connectivity index (χ1n) is 10.9. The number of hydrogen-bond acceptors (Lipinski definition) is 5. The first kappa shape index (κ1) is 22.6. The SMILES string of the molecule is O=C(c1ccc(NCCc2cccc3scnc23)cc1)N1CCC(O)(CCC(F)F)CC1. The average Bonchev–Trinajstić information content (AvgIpc) is 3.28. The second-order valence-corrected chi connectivity index (χ2v) is 9.20. The number of para-hydroxylation sites is 1. The number of alkyl halides is 2. The second-order valence-electron chi connectivity index (χ2n) is 8.32. The smallest absolute Gasteiger partial charge is 0.253 e. The Kier molecular flexibility index (Phi) is 7.01. The molecule has 0 spiro atoms. The Morgan fingerprint density at radius 3 is 2.66 bits per heavy atom. The van der Waals surface area contributed by atoms with Gasteiger partial charge in [0.05, 0.1) is 21.3 Å². The summed E-state index contributed by atoms with van der Waals surface area (Å²) in [5.74, 6) is -0.0948. The molecule has 1 aromatic heterocycles. The Labute approximate surface area is 190 Å². The summed E-state index contributed by atoms with van der Waals surface area (Å²) in [6.07, 6.45) is -1.13. The fourth-order valence-corrected chi connectivity index (χ4v) is 4.88. The minimum atomic E-state index is -2.41. The van der Waals surface area contributed by atoms with Crippen LogP contribution in [0.3, 0.4) is 0 Å². The highest BCUT2D eigenvalue weighted by molar-refractivity contribution is 7.16. The van der Waals surface area contributed by atoms with Gasteiger partial charge in [-0.25, -0.2) is 13.8 Å². The zero-order valence-electron chi connectivity index (χ0n) is 17.8. The van der Waals surface area contributed by atoms with Gasteiger partial charge in [0.15, 0.2) is 0 Å². The molecule has 8 heteroatoms. The Bertz CT molecular complexity index is 1050. The number of likely N-dealkylation sites (tertiary alicyclic amines) is 1. The minimum absolute atomic E-state index is 0.0735. The maximum Gasteiger partial charge on any atom is 0.253 e. The Balaban J connectivity index is 1.27. The van der Waals surface area contributed by atoms with Crippen LogP contribution in [0.15, 0.2) is 48.0 Å². The van der Waals surface area contributed by atoms with Crippen molar-refractivity contribution in [3.63, 3.8) is 0 Å². The highest BCUT2D eigenvalue weighted by atomic mass is 32.1. The normalized spacial score (nSPS) is 15.9. The van der Waals surface area contributed by atoms with Crippen molar-refractivity contribution >= 4 is 33.1 Å². The highest BCUT2D eigenvalue weighted by Crippen LogP contribution is 2.29. The van der Waals surface area contributed by atoms with Crippen LogP contribution in [-0.4, -0.2) is 52.6 Å². The lowest BCUT2D eigenvalue weighted by molar-refractivity contribution is -0.0346. The van der Waals surface area contributed by atoms with Crippen LogP contribution in [-0.2, 0) is 6.42 Å². The molecule has 0 saturated carbocycles. The molecule has 1 aliphatic rings. The highest BCUT2D eigenvalue weighted by Gasteiger charge is 2.34. The van der Waals surface area contributed by atoms with Crippen LogP contribution in [0.25, 0.3) is 10.2 Å². The molecule has 1 fully saturated rings. The van der Waals surface area contributed by atoms with E-state index in [4.69, 9.17) is 0 Å². The summed E-state index contributed by atoms with van der Waals surface area (Å²) < 4.78 is 26.1. The van der Waals surface area contributed by atoms with E-state index in [0.29, 0.717) is 31.5 Å². The van der Waals surface area contributed by atoms with Crippen molar-refractivity contribution in [2.75, 3.05) is 25.0 Å². The predicted octanol–water partition coefficient (Wildman–Crippen LogP) is 4.96. The lowest BCUT2D eigenvalue weighted by Crippen LogP contribution is -2.46. The van der Waals surface area contributed by atoms with Crippen LogP contribution >= 0.6 is 11.3 Å². The number of nitrogens with zero attached hydrogens (tertiary/aromatic N) is 2. The number of piperidine rings is 1. The molecule has 3 aromatic rings. The summed E-state index contributed by atoms with van der Waals surface area (Å²) in [4.78, 5) is 18.9. The van der Waals surface area contributed by atoms with Crippen molar-refractivity contribution in [2.45, 2.75) is 44.1 Å². The molecule has 0 unspecified atom stereocenters. The Morgan fingerprint density at radius 1 is 1.19 bits per heavy atom. The van der Waals surface area contributed by atoms with Gasteiger partial charge in [0.1, 0.15) is 0 Å². The van der Waals surface area contributed by atoms with Gasteiger partial charge in [0.25, 0.3) is 5.91 Å². The van der Waals surface area contributed by atoms with Gasteiger partial charge in [-0.1, -0.05) is 12.1 Å². The third kappa shape index (κ3) is 5.42. The maximum absolute atomic E-state index is 12.8. The fraction of sp³-hybridized carbons (Fsp3) is 0.417. The molecule has 1 aliphatic heterocycles. The third-order valence-electron chi connectivity index (χ3n) is 6.11. The molecule has 2 heterocycles. The van der Waals surface area contributed by atoms with Crippen LogP contribution in [0.4, 0.5) is 14.5 Å². The first-order valence-corrected chi connectivity index (χ1v) is 11.8. The molecular formula is C24H27F2N3O2S. The standard InChI is InChI=1S/C24H27F2N3O2S/c25-21(26)8-10-24(31)11-14-29(15-12-24)23(30)18-4-6-19(7-5-18)27-13-9-17-2-1-3-20-22(17)28-16-32-20/h1-7,16,21,27,31H,8-15H2. The molecule has 0 aliphatic carbocycles. The van der Waals surface area contributed by atoms with Gasteiger partial charge in [0.2, 0.25) is 6.43 Å². The topological polar surface area (TPSA) is 65.5 Å². The summed E-state index contributed by atoms with van der Waals surface area (Å²) in [5, 5.41) is 13.8. The van der Waals surface area contributed by atoms with E-state index in [-0.39, 0.29) is 18.7 Å². The van der Waals surface area contributed by atoms with E-state index in [1.54, 1.807) is 28.4 Å². The molecule has 2 aromatic carbocycles. The van der Waals surface area contributed by atoms with Crippen molar-refractivity contribution in [1.29, 1.82) is 0 Å². The second kappa shape index (κ2) is 9.92. The van der Waals surface area contributed by atoms with Crippen molar-refractivity contribution in [3.8, 4) is 0 Å². The van der Waals surface area contributed by atoms with Gasteiger partial charge in [-0.15, -0.1) is 11.3 Å². The van der Waals surface area contributed by atoms with Crippen LogP contribution < -0.4 is 5.32 Å². The summed E-state index contributed by atoms with van der Waals surface area (Å²) in [6.45, 7) is 1.51. The molecule has 32 heavy (non-hydrogen) atoms. The Hall–Kier alpha value is -2.58. The van der Waals surface area contributed by atoms with Crippen molar-refractivity contribution in [1.82, 2.24) is 9.88 Å². The number of aromatic nitrogens is 1. The number of aliphatic hydroxyl groups is 1. The van der Waals surface area contributed by atoms with E-state index in [0.717, 1.165) is 24.2 Å². The monoisotopic (exact) mass is 459 g/mol. The fourth-order valence-electron chi connectivity index (χ4n) is 4.16. The molecule has 2 N–H and O–H groups in total. The number of hydrogen-bond donors (Lipinski definition) is 2. The molecule has 1 amide bonds. The lowest BCUT2D eigenvalue weighted by Gasteiger charge is -2.38. The van der Waals surface area contributed by atoms with Gasteiger partial charge in [-0.05, 0) is 61.6 Å². The number of amides is 1. The number of thiazole rings is 1. The van der Waals surface area contributed by atoms with Crippen LogP contribution in [0, 0.1) is 0 Å². The zero-order valence-corrected chi connectivity index (χ0v) is 18.6. The van der Waals surface area contributed by atoms with Crippen molar-refractivity contribution < 1.29 is 18.7 Å². The van der Waals surface area contributed by atoms with Gasteiger partial charge in [0, 0.05) is 37.3 Å². The number of carbonyl (C=O) groups is 1. The van der Waals surface area contributed by atoms with E-state index in [2.05, 4.69) is 28.5 Å². The van der Waals surface area contributed by atoms with E-state index in [9.17, 15) is 18.7 Å². The lowest BCUT2D eigenvalue weighted by atomic mass is 9.87. The first-order chi connectivity index (χ1) is 15.4. The molecular weight excluding hydrogens is 432 g/mol. The number of halogens is 2. The van der Waals surface area contributed by atoms with Crippen molar-refractivity contribution in [3.05, 3.63) is 59.1 Å². The van der Waals surface area contributed by atoms with Crippen LogP contribution in [0.2, 0.25) is 0 Å². The number of carbonyl (C=O) groups excluding carboxylic acids is 1. The molecule has 0 atom stereocenters. The number of benzene rings is 2. The van der Waals surface area contributed by atoms with Gasteiger partial charge in [-0.2, -0.15) is 0 Å². The predicted molar refractivity (Wildman–Crippen MR) is 124 cm³/mol. The van der Waals surface area contributed by atoms with Crippen LogP contribution in [0.1, 0.15) is 41.6 Å². The average molecular weight is 460 g/mol. The number of nitrogens with one attached hydrogen (secondary N) is 1. The van der Waals surface area contributed by atoms with E-state index in [1.807, 2.05) is 17.6 Å². The van der Waals surface area contributed by atoms with Gasteiger partial charge >= 0.3 is 0 Å². The summed E-state index contributed by atoms with van der Waals surface area (Å²) in [6, 6.07) is 13.6. The number of rotatable bonds is 8. The van der Waals surface area contributed by atoms with Gasteiger partial charge < -0.3 is 15.3 Å². The van der Waals surface area contributed by atoms with Crippen molar-refractivity contribution in [2.24, 2.45) is 0 Å². The summed E-state index contributed by atoms with van der Waals surface area (Å²) >= 11 is 1.64. The number of anilines is 1. The van der Waals surface area contributed by atoms with E-state index >= 15 is 0 Å². The molecule has 0 bridgehead atoms. The zero-order chi connectivity index (χ0) is 22.6. The summed E-state index contributed by atoms with van der Waals surface area (Å²) in [5.41, 5.74) is 4.56. The largest absolute Gasteiger partial charge is 0.390 e. The quantitative estimate of drug-likeness (QED) is 0.500.